The van der Waals surface area contributed by atoms with Crippen molar-refractivity contribution < 1.29 is 18.7 Å². The third-order valence-corrected chi connectivity index (χ3v) is 4.90. The van der Waals surface area contributed by atoms with Gasteiger partial charge in [-0.2, -0.15) is 0 Å². The van der Waals surface area contributed by atoms with Gasteiger partial charge in [0.2, 0.25) is 11.8 Å². The molecule has 0 bridgehead atoms. The number of nitrogens with one attached hydrogen (secondary N) is 2. The first-order valence-electron chi connectivity index (χ1n) is 9.96. The highest BCUT2D eigenvalue weighted by atomic mass is 19.1. The molecule has 1 saturated carbocycles. The molecule has 0 spiro atoms. The van der Waals surface area contributed by atoms with Crippen LogP contribution in [0.5, 0.6) is 0 Å². The number of ether oxygens (including phenoxy) is 1. The van der Waals surface area contributed by atoms with Gasteiger partial charge in [0, 0.05) is 25.5 Å². The summed E-state index contributed by atoms with van der Waals surface area (Å²) in [5.41, 5.74) is 0.865. The van der Waals surface area contributed by atoms with Crippen LogP contribution in [0.2, 0.25) is 0 Å². The Morgan fingerprint density at radius 2 is 1.89 bits per heavy atom. The minimum atomic E-state index is -0.288. The maximum Gasteiger partial charge on any atom is 0.223 e. The van der Waals surface area contributed by atoms with Crippen LogP contribution in [0.15, 0.2) is 24.3 Å². The van der Waals surface area contributed by atoms with Crippen LogP contribution in [0, 0.1) is 11.7 Å². The third kappa shape index (κ3) is 6.94. The molecular formula is C21H31FN2O3. The van der Waals surface area contributed by atoms with Gasteiger partial charge < -0.3 is 15.4 Å². The molecule has 0 aliphatic heterocycles. The van der Waals surface area contributed by atoms with Crippen molar-refractivity contribution in [3.05, 3.63) is 35.6 Å². The van der Waals surface area contributed by atoms with Crippen LogP contribution in [-0.2, 0) is 20.9 Å². The summed E-state index contributed by atoms with van der Waals surface area (Å²) in [4.78, 5) is 24.5. The lowest BCUT2D eigenvalue weighted by molar-refractivity contribution is -0.129. The van der Waals surface area contributed by atoms with Gasteiger partial charge in [0.25, 0.3) is 0 Å². The van der Waals surface area contributed by atoms with Gasteiger partial charge in [0.05, 0.1) is 12.1 Å². The van der Waals surface area contributed by atoms with Gasteiger partial charge in [-0.05, 0) is 49.8 Å². The molecular weight excluding hydrogens is 347 g/mol. The molecule has 1 aliphatic carbocycles. The molecule has 0 saturated heterocycles. The Morgan fingerprint density at radius 3 is 2.56 bits per heavy atom. The fourth-order valence-electron chi connectivity index (χ4n) is 3.43. The van der Waals surface area contributed by atoms with Crippen LogP contribution >= 0.6 is 0 Å². The minimum Gasteiger partial charge on any atom is -0.376 e. The Kier molecular flexibility index (Phi) is 8.72. The lowest BCUT2D eigenvalue weighted by Gasteiger charge is -2.36. The number of halogens is 1. The quantitative estimate of drug-likeness (QED) is 0.693. The van der Waals surface area contributed by atoms with E-state index in [9.17, 15) is 14.0 Å². The van der Waals surface area contributed by atoms with E-state index in [0.717, 1.165) is 31.2 Å². The normalized spacial score (nSPS) is 22.3. The predicted octanol–water partition coefficient (Wildman–Crippen LogP) is 3.32. The molecule has 0 radical (unpaired) electrons. The maximum absolute atomic E-state index is 13.0. The van der Waals surface area contributed by atoms with Gasteiger partial charge in [-0.15, -0.1) is 0 Å². The molecule has 1 aromatic carbocycles. The molecule has 0 aromatic heterocycles. The second kappa shape index (κ2) is 11.0. The Balaban J connectivity index is 1.89. The Morgan fingerprint density at radius 1 is 1.15 bits per heavy atom. The molecule has 1 aliphatic rings. The second-order valence-corrected chi connectivity index (χ2v) is 7.19. The third-order valence-electron chi connectivity index (χ3n) is 4.90. The van der Waals surface area contributed by atoms with E-state index in [1.165, 1.54) is 12.1 Å². The number of hydrogen-bond donors (Lipinski definition) is 2. The van der Waals surface area contributed by atoms with Crippen LogP contribution in [0.25, 0.3) is 0 Å². The van der Waals surface area contributed by atoms with Crippen molar-refractivity contribution in [3.63, 3.8) is 0 Å². The van der Waals surface area contributed by atoms with Crippen molar-refractivity contribution in [2.75, 3.05) is 6.61 Å². The van der Waals surface area contributed by atoms with E-state index in [2.05, 4.69) is 10.6 Å². The fraction of sp³-hybridized carbons (Fsp3) is 0.619. The summed E-state index contributed by atoms with van der Waals surface area (Å²) >= 11 is 0. The summed E-state index contributed by atoms with van der Waals surface area (Å²) in [6.07, 6.45) is 4.14. The molecule has 3 atom stereocenters. The van der Waals surface area contributed by atoms with Gasteiger partial charge in [0.1, 0.15) is 5.82 Å². The average molecular weight is 378 g/mol. The molecule has 1 fully saturated rings. The van der Waals surface area contributed by atoms with E-state index in [1.54, 1.807) is 12.1 Å². The average Bonchev–Trinajstić information content (AvgIpc) is 2.66. The lowest BCUT2D eigenvalue weighted by atomic mass is 9.83. The van der Waals surface area contributed by atoms with Crippen molar-refractivity contribution in [2.45, 2.75) is 71.1 Å². The van der Waals surface area contributed by atoms with Crippen molar-refractivity contribution in [1.29, 1.82) is 0 Å². The van der Waals surface area contributed by atoms with Crippen LogP contribution in [0.1, 0.15) is 57.9 Å². The van der Waals surface area contributed by atoms with Crippen molar-refractivity contribution >= 4 is 11.8 Å². The summed E-state index contributed by atoms with van der Waals surface area (Å²) < 4.78 is 18.9. The van der Waals surface area contributed by atoms with Crippen LogP contribution in [0.3, 0.4) is 0 Å². The summed E-state index contributed by atoms with van der Waals surface area (Å²) in [5.74, 6) is -0.384. The van der Waals surface area contributed by atoms with E-state index < -0.39 is 0 Å². The van der Waals surface area contributed by atoms with Crippen molar-refractivity contribution in [3.8, 4) is 0 Å². The van der Waals surface area contributed by atoms with Gasteiger partial charge in [-0.3, -0.25) is 9.59 Å². The summed E-state index contributed by atoms with van der Waals surface area (Å²) in [5, 5.41) is 6.01. The number of rotatable bonds is 9. The van der Waals surface area contributed by atoms with E-state index >= 15 is 0 Å². The molecule has 2 amide bonds. The Labute approximate surface area is 161 Å². The zero-order valence-corrected chi connectivity index (χ0v) is 16.3. The number of carbonyl (C=O) groups excluding carboxylic acids is 2. The van der Waals surface area contributed by atoms with Crippen LogP contribution in [-0.4, -0.2) is 30.6 Å². The summed E-state index contributed by atoms with van der Waals surface area (Å²) in [7, 11) is 0. The molecule has 2 N–H and O–H groups in total. The van der Waals surface area contributed by atoms with Crippen LogP contribution in [0.4, 0.5) is 4.39 Å². The molecule has 0 heterocycles. The molecule has 6 heteroatoms. The molecule has 1 aromatic rings. The second-order valence-electron chi connectivity index (χ2n) is 7.19. The highest BCUT2D eigenvalue weighted by Gasteiger charge is 2.35. The maximum atomic E-state index is 13.0. The van der Waals surface area contributed by atoms with Gasteiger partial charge in [-0.1, -0.05) is 26.0 Å². The molecule has 2 rings (SSSR count). The van der Waals surface area contributed by atoms with E-state index in [0.29, 0.717) is 26.0 Å². The van der Waals surface area contributed by atoms with Crippen LogP contribution < -0.4 is 10.6 Å². The monoisotopic (exact) mass is 378 g/mol. The molecule has 150 valence electrons. The van der Waals surface area contributed by atoms with E-state index in [-0.39, 0.29) is 35.7 Å². The highest BCUT2D eigenvalue weighted by Crippen LogP contribution is 2.27. The Bertz CT molecular complexity index is 606. The largest absolute Gasteiger partial charge is 0.376 e. The Hall–Kier alpha value is -1.95. The molecule has 0 unspecified atom stereocenters. The first kappa shape index (κ1) is 21.4. The first-order chi connectivity index (χ1) is 13.0. The lowest BCUT2D eigenvalue weighted by Crippen LogP contribution is -2.50. The molecule has 27 heavy (non-hydrogen) atoms. The summed E-state index contributed by atoms with van der Waals surface area (Å²) in [6, 6.07) is 6.09. The first-order valence-corrected chi connectivity index (χ1v) is 9.96. The zero-order valence-electron chi connectivity index (χ0n) is 16.3. The predicted molar refractivity (Wildman–Crippen MR) is 102 cm³/mol. The van der Waals surface area contributed by atoms with Crippen molar-refractivity contribution in [1.82, 2.24) is 10.6 Å². The number of benzene rings is 1. The number of carbonyl (C=O) groups is 2. The minimum absolute atomic E-state index is 0.0113. The van der Waals surface area contributed by atoms with Gasteiger partial charge in [-0.25, -0.2) is 4.39 Å². The van der Waals surface area contributed by atoms with E-state index in [4.69, 9.17) is 4.74 Å². The summed E-state index contributed by atoms with van der Waals surface area (Å²) in [6.45, 7) is 5.02. The smallest absolute Gasteiger partial charge is 0.223 e. The number of hydrogen-bond acceptors (Lipinski definition) is 3. The zero-order chi connectivity index (χ0) is 19.6. The van der Waals surface area contributed by atoms with Gasteiger partial charge in [0.15, 0.2) is 0 Å². The SMILES string of the molecule is CCCO[C@H]1C[C@@H](C(=O)NCc2ccc(F)cc2)CC[C@@H]1NC(=O)CCC. The molecule has 5 nitrogen and oxygen atoms in total. The van der Waals surface area contributed by atoms with E-state index in [1.807, 2.05) is 13.8 Å². The highest BCUT2D eigenvalue weighted by molar-refractivity contribution is 5.79. The van der Waals surface area contributed by atoms with Gasteiger partial charge >= 0.3 is 0 Å². The van der Waals surface area contributed by atoms with Crippen molar-refractivity contribution in [2.24, 2.45) is 5.92 Å². The fourth-order valence-corrected chi connectivity index (χ4v) is 3.43. The standard InChI is InChI=1S/C21H31FN2O3/c1-3-5-20(25)24-18-11-8-16(13-19(18)27-12-4-2)21(26)23-14-15-6-9-17(22)10-7-15/h6-7,9-10,16,18-19H,3-5,8,11-14H2,1-2H3,(H,23,26)(H,24,25)/t16-,18-,19-/m0/s1. The topological polar surface area (TPSA) is 67.4 Å². The number of amides is 2.